The predicted octanol–water partition coefficient (Wildman–Crippen LogP) is 3.06. The van der Waals surface area contributed by atoms with Crippen molar-refractivity contribution in [1.82, 2.24) is 10.2 Å². The Balaban J connectivity index is 1.95. The number of aromatic hydroxyl groups is 1. The predicted molar refractivity (Wildman–Crippen MR) is 78.0 cm³/mol. The summed E-state index contributed by atoms with van der Waals surface area (Å²) in [6.07, 6.45) is 2.44. The molecule has 1 aliphatic heterocycles. The van der Waals surface area contributed by atoms with E-state index in [0.717, 1.165) is 31.7 Å². The molecule has 1 aromatic carbocycles. The first-order chi connectivity index (χ1) is 9.16. The lowest BCUT2D eigenvalue weighted by molar-refractivity contribution is 0.153. The number of phenols is 1. The maximum atomic E-state index is 10.3. The van der Waals surface area contributed by atoms with E-state index in [4.69, 9.17) is 23.2 Å². The first-order valence-electron chi connectivity index (χ1n) is 6.79. The number of phenolic OH excluding ortho intramolecular Hbond substituents is 1. The van der Waals surface area contributed by atoms with Crippen LogP contribution in [0.25, 0.3) is 0 Å². The zero-order chi connectivity index (χ0) is 13.4. The molecule has 1 heterocycles. The number of nitrogens with zero attached hydrogens (tertiary/aromatic N) is 1. The SMILES string of the molecule is Oc1c(Cl)cc(Cl)cc1[C@@H](C1CC1)N1CCNCC1. The summed E-state index contributed by atoms with van der Waals surface area (Å²) in [6.45, 7) is 4.01. The first kappa shape index (κ1) is 13.5. The van der Waals surface area contributed by atoms with Crippen LogP contribution >= 0.6 is 23.2 Å². The fraction of sp³-hybridized carbons (Fsp3) is 0.571. The van der Waals surface area contributed by atoms with Gasteiger partial charge in [0.1, 0.15) is 5.75 Å². The van der Waals surface area contributed by atoms with Crippen molar-refractivity contribution in [1.29, 1.82) is 0 Å². The van der Waals surface area contributed by atoms with E-state index < -0.39 is 0 Å². The number of halogens is 2. The van der Waals surface area contributed by atoms with E-state index >= 15 is 0 Å². The van der Waals surface area contributed by atoms with Gasteiger partial charge in [-0.15, -0.1) is 0 Å². The molecule has 19 heavy (non-hydrogen) atoms. The van der Waals surface area contributed by atoms with E-state index in [9.17, 15) is 5.11 Å². The van der Waals surface area contributed by atoms with Gasteiger partial charge in [0, 0.05) is 42.8 Å². The van der Waals surface area contributed by atoms with E-state index in [2.05, 4.69) is 10.2 Å². The van der Waals surface area contributed by atoms with Crippen LogP contribution < -0.4 is 5.32 Å². The van der Waals surface area contributed by atoms with Crippen LogP contribution in [-0.2, 0) is 0 Å². The van der Waals surface area contributed by atoms with Crippen LogP contribution in [0.3, 0.4) is 0 Å². The molecule has 0 spiro atoms. The van der Waals surface area contributed by atoms with Gasteiger partial charge in [-0.05, 0) is 30.9 Å². The van der Waals surface area contributed by atoms with Gasteiger partial charge in [-0.1, -0.05) is 23.2 Å². The fourth-order valence-electron chi connectivity index (χ4n) is 2.93. The average Bonchev–Trinajstić information content (AvgIpc) is 3.21. The minimum absolute atomic E-state index is 0.196. The maximum Gasteiger partial charge on any atom is 0.139 e. The number of piperazine rings is 1. The van der Waals surface area contributed by atoms with Crippen molar-refractivity contribution < 1.29 is 5.11 Å². The van der Waals surface area contributed by atoms with E-state index in [1.54, 1.807) is 6.07 Å². The van der Waals surface area contributed by atoms with Crippen molar-refractivity contribution in [2.75, 3.05) is 26.2 Å². The standard InChI is InChI=1S/C14H18Cl2N2O/c15-10-7-11(14(19)12(16)8-10)13(9-1-2-9)18-5-3-17-4-6-18/h7-9,13,17,19H,1-6H2/t13-/m1/s1. The summed E-state index contributed by atoms with van der Waals surface area (Å²) in [5.41, 5.74) is 0.891. The highest BCUT2D eigenvalue weighted by Crippen LogP contribution is 2.48. The normalized spacial score (nSPS) is 22.4. The van der Waals surface area contributed by atoms with Crippen LogP contribution in [-0.4, -0.2) is 36.2 Å². The van der Waals surface area contributed by atoms with Gasteiger partial charge in [0.05, 0.1) is 5.02 Å². The topological polar surface area (TPSA) is 35.5 Å². The molecule has 0 amide bonds. The average molecular weight is 301 g/mol. The third-order valence-corrected chi connectivity index (χ3v) is 4.50. The molecule has 0 radical (unpaired) electrons. The van der Waals surface area contributed by atoms with Gasteiger partial charge in [-0.25, -0.2) is 0 Å². The second-order valence-electron chi connectivity index (χ2n) is 5.39. The quantitative estimate of drug-likeness (QED) is 0.900. The molecule has 5 heteroatoms. The molecule has 2 aliphatic rings. The number of hydrogen-bond donors (Lipinski definition) is 2. The molecule has 1 saturated carbocycles. The Morgan fingerprint density at radius 1 is 1.21 bits per heavy atom. The van der Waals surface area contributed by atoms with Gasteiger partial charge >= 0.3 is 0 Å². The Morgan fingerprint density at radius 2 is 1.89 bits per heavy atom. The van der Waals surface area contributed by atoms with Crippen molar-refractivity contribution in [3.05, 3.63) is 27.7 Å². The monoisotopic (exact) mass is 300 g/mol. The molecule has 2 N–H and O–H groups in total. The second-order valence-corrected chi connectivity index (χ2v) is 6.24. The summed E-state index contributed by atoms with van der Waals surface area (Å²) < 4.78 is 0. The third kappa shape index (κ3) is 2.84. The zero-order valence-corrected chi connectivity index (χ0v) is 12.2. The van der Waals surface area contributed by atoms with Crippen LogP contribution in [0.4, 0.5) is 0 Å². The lowest BCUT2D eigenvalue weighted by Crippen LogP contribution is -2.45. The molecule has 1 aromatic rings. The first-order valence-corrected chi connectivity index (χ1v) is 7.55. The molecule has 0 unspecified atom stereocenters. The molecule has 1 aliphatic carbocycles. The molecule has 3 nitrogen and oxygen atoms in total. The smallest absolute Gasteiger partial charge is 0.139 e. The Morgan fingerprint density at radius 3 is 2.53 bits per heavy atom. The van der Waals surface area contributed by atoms with Crippen molar-refractivity contribution in [3.8, 4) is 5.75 Å². The molecule has 2 fully saturated rings. The number of hydrogen-bond acceptors (Lipinski definition) is 3. The summed E-state index contributed by atoms with van der Waals surface area (Å²) in [5.74, 6) is 0.819. The van der Waals surface area contributed by atoms with Gasteiger partial charge in [0.15, 0.2) is 0 Å². The minimum Gasteiger partial charge on any atom is -0.506 e. The minimum atomic E-state index is 0.196. The van der Waals surface area contributed by atoms with Gasteiger partial charge < -0.3 is 10.4 Å². The van der Waals surface area contributed by atoms with Gasteiger partial charge in [-0.2, -0.15) is 0 Å². The summed E-state index contributed by atoms with van der Waals surface area (Å²) in [4.78, 5) is 2.44. The highest BCUT2D eigenvalue weighted by Gasteiger charge is 2.38. The van der Waals surface area contributed by atoms with Gasteiger partial charge in [-0.3, -0.25) is 4.90 Å². The molecule has 0 bridgehead atoms. The van der Waals surface area contributed by atoms with E-state index in [1.165, 1.54) is 12.8 Å². The maximum absolute atomic E-state index is 10.3. The third-order valence-electron chi connectivity index (χ3n) is 3.99. The van der Waals surface area contributed by atoms with Crippen LogP contribution in [0.5, 0.6) is 5.75 Å². The fourth-order valence-corrected chi connectivity index (χ4v) is 3.44. The van der Waals surface area contributed by atoms with Gasteiger partial charge in [0.25, 0.3) is 0 Å². The van der Waals surface area contributed by atoms with Crippen LogP contribution in [0.15, 0.2) is 12.1 Å². The lowest BCUT2D eigenvalue weighted by atomic mass is 9.98. The van der Waals surface area contributed by atoms with Crippen molar-refractivity contribution in [2.24, 2.45) is 5.92 Å². The van der Waals surface area contributed by atoms with Crippen molar-refractivity contribution in [2.45, 2.75) is 18.9 Å². The lowest BCUT2D eigenvalue weighted by Gasteiger charge is -2.36. The second kappa shape index (κ2) is 5.49. The summed E-state index contributed by atoms with van der Waals surface area (Å²) >= 11 is 12.2. The zero-order valence-electron chi connectivity index (χ0n) is 10.7. The summed E-state index contributed by atoms with van der Waals surface area (Å²) in [7, 11) is 0. The molecular weight excluding hydrogens is 283 g/mol. The Kier molecular flexibility index (Phi) is 3.90. The Hall–Kier alpha value is -0.480. The van der Waals surface area contributed by atoms with Crippen LogP contribution in [0, 0.1) is 5.92 Å². The largest absolute Gasteiger partial charge is 0.506 e. The van der Waals surface area contributed by atoms with E-state index in [0.29, 0.717) is 16.0 Å². The summed E-state index contributed by atoms with van der Waals surface area (Å²) in [6, 6.07) is 3.72. The number of nitrogens with one attached hydrogen (secondary N) is 1. The van der Waals surface area contributed by atoms with E-state index in [-0.39, 0.29) is 11.8 Å². The Labute approximate surface area is 123 Å². The van der Waals surface area contributed by atoms with Crippen LogP contribution in [0.1, 0.15) is 24.4 Å². The molecule has 3 rings (SSSR count). The molecule has 1 atom stereocenters. The highest BCUT2D eigenvalue weighted by atomic mass is 35.5. The van der Waals surface area contributed by atoms with Crippen molar-refractivity contribution in [3.63, 3.8) is 0 Å². The molecule has 0 aromatic heterocycles. The molecule has 1 saturated heterocycles. The Bertz CT molecular complexity index is 471. The highest BCUT2D eigenvalue weighted by molar-refractivity contribution is 6.35. The number of rotatable bonds is 3. The number of benzene rings is 1. The summed E-state index contributed by atoms with van der Waals surface area (Å²) in [5, 5.41) is 14.6. The molecular formula is C14H18Cl2N2O. The van der Waals surface area contributed by atoms with Gasteiger partial charge in [0.2, 0.25) is 0 Å². The van der Waals surface area contributed by atoms with Crippen LogP contribution in [0.2, 0.25) is 10.0 Å². The molecule has 104 valence electrons. The van der Waals surface area contributed by atoms with Crippen molar-refractivity contribution >= 4 is 23.2 Å². The van der Waals surface area contributed by atoms with E-state index in [1.807, 2.05) is 6.07 Å².